The number of hydrogen-bond acceptors (Lipinski definition) is 5. The second-order valence-corrected chi connectivity index (χ2v) is 13.3. The van der Waals surface area contributed by atoms with Gasteiger partial charge in [-0.2, -0.15) is 0 Å². The first-order valence-electron chi connectivity index (χ1n) is 15.6. The number of fused-ring (bicyclic) bond motifs is 2. The van der Waals surface area contributed by atoms with Crippen LogP contribution in [0.4, 0.5) is 14.4 Å². The van der Waals surface area contributed by atoms with Gasteiger partial charge in [0.05, 0.1) is 24.2 Å². The van der Waals surface area contributed by atoms with Crippen LogP contribution in [0, 0.1) is 0 Å². The number of amides is 5. The first kappa shape index (κ1) is 28.3. The van der Waals surface area contributed by atoms with Gasteiger partial charge in [0.1, 0.15) is 5.60 Å². The highest BCUT2D eigenvalue weighted by molar-refractivity contribution is 5.78. The molecule has 0 aromatic rings. The number of nitrogens with zero attached hydrogens (tertiary/aromatic N) is 3. The molecule has 220 valence electrons. The average Bonchev–Trinajstić information content (AvgIpc) is 3.43. The SMILES string of the molecule is CC(C)(C)OC(=O)N1CCC(N2C(=O)N[C@H]3CCCC[C@@H]32)CC1.O=C1N[C@H]2CCCC[C@@H]2N1C1CCNCC1. The molecule has 6 fully saturated rings. The minimum absolute atomic E-state index is 0.0950. The van der Waals surface area contributed by atoms with Gasteiger partial charge < -0.3 is 35.4 Å². The lowest BCUT2D eigenvalue weighted by molar-refractivity contribution is 0.0151. The third kappa shape index (κ3) is 6.57. The van der Waals surface area contributed by atoms with Crippen LogP contribution >= 0.6 is 0 Å². The molecule has 4 aliphatic heterocycles. The van der Waals surface area contributed by atoms with Crippen LogP contribution in [-0.2, 0) is 4.74 Å². The maximum atomic E-state index is 12.4. The van der Waals surface area contributed by atoms with Gasteiger partial charge in [0.15, 0.2) is 0 Å². The molecule has 10 heteroatoms. The number of likely N-dealkylation sites (tertiary alicyclic amines) is 1. The van der Waals surface area contributed by atoms with Gasteiger partial charge >= 0.3 is 18.2 Å². The zero-order chi connectivity index (χ0) is 27.6. The number of carbonyl (C=O) groups excluding carboxylic acids is 3. The Bertz CT molecular complexity index is 879. The third-order valence-electron chi connectivity index (χ3n) is 9.47. The second-order valence-electron chi connectivity index (χ2n) is 13.3. The van der Waals surface area contributed by atoms with Gasteiger partial charge in [0.25, 0.3) is 0 Å². The first-order chi connectivity index (χ1) is 18.7. The maximum absolute atomic E-state index is 12.4. The number of hydrogen-bond donors (Lipinski definition) is 3. The Morgan fingerprint density at radius 3 is 1.67 bits per heavy atom. The quantitative estimate of drug-likeness (QED) is 0.489. The van der Waals surface area contributed by atoms with Gasteiger partial charge in [0.2, 0.25) is 0 Å². The topological polar surface area (TPSA) is 106 Å². The van der Waals surface area contributed by atoms with Crippen molar-refractivity contribution in [2.24, 2.45) is 0 Å². The van der Waals surface area contributed by atoms with Gasteiger partial charge in [-0.05, 0) is 85.2 Å². The summed E-state index contributed by atoms with van der Waals surface area (Å²) in [5.74, 6) is 0. The van der Waals surface area contributed by atoms with E-state index in [0.717, 1.165) is 51.6 Å². The van der Waals surface area contributed by atoms with E-state index in [1.165, 1.54) is 38.5 Å². The van der Waals surface area contributed by atoms with Crippen molar-refractivity contribution in [2.75, 3.05) is 26.2 Å². The normalized spacial score (nSPS) is 32.0. The van der Waals surface area contributed by atoms with E-state index < -0.39 is 5.60 Å². The molecule has 39 heavy (non-hydrogen) atoms. The van der Waals surface area contributed by atoms with Crippen molar-refractivity contribution in [3.05, 3.63) is 0 Å². The van der Waals surface area contributed by atoms with Crippen LogP contribution in [0.15, 0.2) is 0 Å². The Morgan fingerprint density at radius 1 is 0.718 bits per heavy atom. The lowest BCUT2D eigenvalue weighted by Crippen LogP contribution is -2.51. The lowest BCUT2D eigenvalue weighted by Gasteiger charge is -2.40. The van der Waals surface area contributed by atoms with Crippen molar-refractivity contribution in [2.45, 2.75) is 140 Å². The average molecular weight is 547 g/mol. The fourth-order valence-electron chi connectivity index (χ4n) is 7.60. The van der Waals surface area contributed by atoms with Gasteiger partial charge in [-0.3, -0.25) is 0 Å². The van der Waals surface area contributed by atoms with Crippen molar-refractivity contribution >= 4 is 18.2 Å². The van der Waals surface area contributed by atoms with E-state index in [2.05, 4.69) is 25.8 Å². The molecule has 0 aromatic carbocycles. The van der Waals surface area contributed by atoms with E-state index in [4.69, 9.17) is 4.74 Å². The van der Waals surface area contributed by atoms with Gasteiger partial charge in [-0.15, -0.1) is 0 Å². The fourth-order valence-corrected chi connectivity index (χ4v) is 7.60. The molecule has 2 saturated carbocycles. The molecule has 6 aliphatic rings. The van der Waals surface area contributed by atoms with Crippen LogP contribution in [0.5, 0.6) is 0 Å². The van der Waals surface area contributed by atoms with Crippen LogP contribution in [0.2, 0.25) is 0 Å². The number of piperidine rings is 2. The van der Waals surface area contributed by atoms with Crippen LogP contribution in [0.3, 0.4) is 0 Å². The summed E-state index contributed by atoms with van der Waals surface area (Å²) >= 11 is 0. The van der Waals surface area contributed by atoms with Crippen LogP contribution in [0.25, 0.3) is 0 Å². The van der Waals surface area contributed by atoms with Crippen molar-refractivity contribution < 1.29 is 19.1 Å². The monoisotopic (exact) mass is 546 g/mol. The summed E-state index contributed by atoms with van der Waals surface area (Å²) in [5.41, 5.74) is -0.460. The summed E-state index contributed by atoms with van der Waals surface area (Å²) < 4.78 is 5.44. The Labute approximate surface area is 233 Å². The Morgan fingerprint density at radius 2 is 1.18 bits per heavy atom. The van der Waals surface area contributed by atoms with Crippen molar-refractivity contribution in [1.82, 2.24) is 30.7 Å². The van der Waals surface area contributed by atoms with Crippen LogP contribution < -0.4 is 16.0 Å². The molecule has 0 aromatic heterocycles. The molecule has 0 spiro atoms. The lowest BCUT2D eigenvalue weighted by atomic mass is 9.89. The molecular weight excluding hydrogens is 496 g/mol. The second kappa shape index (κ2) is 12.1. The maximum Gasteiger partial charge on any atom is 0.410 e. The van der Waals surface area contributed by atoms with Gasteiger partial charge in [-0.25, -0.2) is 14.4 Å². The van der Waals surface area contributed by atoms with E-state index >= 15 is 0 Å². The number of rotatable bonds is 2. The highest BCUT2D eigenvalue weighted by Gasteiger charge is 2.45. The smallest absolute Gasteiger partial charge is 0.410 e. The zero-order valence-electron chi connectivity index (χ0n) is 24.3. The molecule has 4 heterocycles. The Balaban J connectivity index is 0.000000168. The standard InChI is InChI=1S/C17H29N3O3.C12H21N3O/c1-17(2,3)23-16(22)19-10-8-12(9-11-19)20-14-7-5-4-6-13(14)18-15(20)21;16-12-14-10-3-1-2-4-11(10)15(12)9-5-7-13-8-6-9/h12-14H,4-11H2,1-3H3,(H,18,21);9-11,13H,1-8H2,(H,14,16)/t13-,14-;10-,11-/m00/s1. The molecule has 0 bridgehead atoms. The van der Waals surface area contributed by atoms with Crippen molar-refractivity contribution in [1.29, 1.82) is 0 Å². The molecule has 0 radical (unpaired) electrons. The number of nitrogens with one attached hydrogen (secondary N) is 3. The summed E-state index contributed by atoms with van der Waals surface area (Å²) in [6, 6.07) is 2.65. The Hall–Kier alpha value is -2.23. The van der Waals surface area contributed by atoms with Gasteiger partial charge in [0, 0.05) is 25.2 Å². The fraction of sp³-hybridized carbons (Fsp3) is 0.897. The molecule has 5 amide bonds. The van der Waals surface area contributed by atoms with Gasteiger partial charge in [-0.1, -0.05) is 25.7 Å². The van der Waals surface area contributed by atoms with Crippen molar-refractivity contribution in [3.8, 4) is 0 Å². The first-order valence-corrected chi connectivity index (χ1v) is 15.6. The molecule has 2 aliphatic carbocycles. The minimum atomic E-state index is -0.460. The molecule has 0 unspecified atom stereocenters. The summed E-state index contributed by atoms with van der Waals surface area (Å²) in [5, 5.41) is 9.69. The summed E-state index contributed by atoms with van der Waals surface area (Å²) in [6.45, 7) is 9.11. The van der Waals surface area contributed by atoms with E-state index in [1.807, 2.05) is 20.8 Å². The Kier molecular flexibility index (Phi) is 8.79. The van der Waals surface area contributed by atoms with E-state index in [-0.39, 0.29) is 24.2 Å². The predicted octanol–water partition coefficient (Wildman–Crippen LogP) is 3.80. The largest absolute Gasteiger partial charge is 0.444 e. The van der Waals surface area contributed by atoms with Crippen molar-refractivity contribution in [3.63, 3.8) is 0 Å². The molecule has 4 atom stereocenters. The van der Waals surface area contributed by atoms with E-state index in [0.29, 0.717) is 43.3 Å². The molecule has 6 rings (SSSR count). The minimum Gasteiger partial charge on any atom is -0.444 e. The molecule has 10 nitrogen and oxygen atoms in total. The third-order valence-corrected chi connectivity index (χ3v) is 9.47. The number of urea groups is 2. The highest BCUT2D eigenvalue weighted by atomic mass is 16.6. The molecule has 4 saturated heterocycles. The highest BCUT2D eigenvalue weighted by Crippen LogP contribution is 2.33. The predicted molar refractivity (Wildman–Crippen MR) is 150 cm³/mol. The molecular formula is C29H50N6O4. The van der Waals surface area contributed by atoms with Crippen LogP contribution in [0.1, 0.15) is 97.8 Å². The van der Waals surface area contributed by atoms with E-state index in [9.17, 15) is 14.4 Å². The molecule has 3 N–H and O–H groups in total. The number of carbonyl (C=O) groups is 3. The van der Waals surface area contributed by atoms with Crippen LogP contribution in [-0.4, -0.2) is 101 Å². The summed E-state index contributed by atoms with van der Waals surface area (Å²) in [6.07, 6.45) is 13.3. The summed E-state index contributed by atoms with van der Waals surface area (Å²) in [4.78, 5) is 42.6. The summed E-state index contributed by atoms with van der Waals surface area (Å²) in [7, 11) is 0. The van der Waals surface area contributed by atoms with E-state index in [1.54, 1.807) is 4.90 Å². The zero-order valence-corrected chi connectivity index (χ0v) is 24.3. The number of ether oxygens (including phenoxy) is 1.